The van der Waals surface area contributed by atoms with Gasteiger partial charge in [-0.05, 0) is 50.9 Å². The molecule has 1 aromatic rings. The van der Waals surface area contributed by atoms with E-state index in [1.807, 2.05) is 19.9 Å². The standard InChI is InChI=1S/C13H18N2OS/c1-13(2)12(16)15-10-6-5-9(4-3-7-14)8-11(10)17-13/h5-6,8H,3-4,7,14H2,1-2H3,(H,15,16). The molecule has 4 heteroatoms. The van der Waals surface area contributed by atoms with E-state index in [4.69, 9.17) is 5.73 Å². The zero-order valence-electron chi connectivity index (χ0n) is 10.2. The van der Waals surface area contributed by atoms with Crippen molar-refractivity contribution in [3.8, 4) is 0 Å². The average Bonchev–Trinajstić information content (AvgIpc) is 2.27. The van der Waals surface area contributed by atoms with Gasteiger partial charge in [-0.2, -0.15) is 0 Å². The van der Waals surface area contributed by atoms with Gasteiger partial charge in [0.25, 0.3) is 0 Å². The Balaban J connectivity index is 2.24. The van der Waals surface area contributed by atoms with Crippen molar-refractivity contribution >= 4 is 23.4 Å². The van der Waals surface area contributed by atoms with Gasteiger partial charge in [0.15, 0.2) is 0 Å². The Morgan fingerprint density at radius 3 is 2.88 bits per heavy atom. The number of fused-ring (bicyclic) bond motifs is 1. The topological polar surface area (TPSA) is 55.1 Å². The first kappa shape index (κ1) is 12.5. The van der Waals surface area contributed by atoms with Crippen LogP contribution in [-0.4, -0.2) is 17.2 Å². The minimum absolute atomic E-state index is 0.0738. The van der Waals surface area contributed by atoms with Crippen LogP contribution in [0.2, 0.25) is 0 Å². The maximum atomic E-state index is 11.8. The lowest BCUT2D eigenvalue weighted by Gasteiger charge is -2.30. The molecule has 3 N–H and O–H groups in total. The monoisotopic (exact) mass is 250 g/mol. The number of hydrogen-bond donors (Lipinski definition) is 2. The largest absolute Gasteiger partial charge is 0.330 e. The molecule has 1 amide bonds. The SMILES string of the molecule is CC1(C)Sc2cc(CCCN)ccc2NC1=O. The third kappa shape index (κ3) is 2.64. The molecular weight excluding hydrogens is 232 g/mol. The van der Waals surface area contributed by atoms with E-state index in [9.17, 15) is 4.79 Å². The van der Waals surface area contributed by atoms with E-state index in [0.29, 0.717) is 6.54 Å². The summed E-state index contributed by atoms with van der Waals surface area (Å²) in [5.74, 6) is 0.0738. The van der Waals surface area contributed by atoms with Crippen molar-refractivity contribution in [2.24, 2.45) is 5.73 Å². The number of nitrogens with one attached hydrogen (secondary N) is 1. The summed E-state index contributed by atoms with van der Waals surface area (Å²) in [6, 6.07) is 6.21. The van der Waals surface area contributed by atoms with Crippen molar-refractivity contribution in [3.05, 3.63) is 23.8 Å². The first-order valence-electron chi connectivity index (χ1n) is 5.86. The molecule has 2 rings (SSSR count). The summed E-state index contributed by atoms with van der Waals surface area (Å²) in [4.78, 5) is 12.9. The Labute approximate surface area is 106 Å². The molecule has 0 aliphatic carbocycles. The van der Waals surface area contributed by atoms with Crippen LogP contribution in [0.5, 0.6) is 0 Å². The van der Waals surface area contributed by atoms with Crippen LogP contribution in [0, 0.1) is 0 Å². The predicted octanol–water partition coefficient (Wildman–Crippen LogP) is 2.40. The molecule has 0 atom stereocenters. The molecule has 3 nitrogen and oxygen atoms in total. The molecule has 0 saturated carbocycles. The summed E-state index contributed by atoms with van der Waals surface area (Å²) in [5.41, 5.74) is 7.73. The van der Waals surface area contributed by atoms with Gasteiger partial charge in [0, 0.05) is 4.90 Å². The van der Waals surface area contributed by atoms with Crippen LogP contribution in [0.3, 0.4) is 0 Å². The molecule has 92 valence electrons. The van der Waals surface area contributed by atoms with Gasteiger partial charge in [0.05, 0.1) is 10.4 Å². The van der Waals surface area contributed by atoms with Gasteiger partial charge < -0.3 is 11.1 Å². The Kier molecular flexibility index (Phi) is 3.45. The number of thioether (sulfide) groups is 1. The number of carbonyl (C=O) groups is 1. The van der Waals surface area contributed by atoms with Gasteiger partial charge in [0.1, 0.15) is 0 Å². The van der Waals surface area contributed by atoms with Crippen molar-refractivity contribution in [1.82, 2.24) is 0 Å². The molecule has 1 heterocycles. The molecular formula is C13H18N2OS. The third-order valence-corrected chi connectivity index (χ3v) is 4.13. The van der Waals surface area contributed by atoms with E-state index in [2.05, 4.69) is 17.4 Å². The Morgan fingerprint density at radius 1 is 1.41 bits per heavy atom. The average molecular weight is 250 g/mol. The number of aryl methyl sites for hydroxylation is 1. The Bertz CT molecular complexity index is 443. The second-order valence-electron chi connectivity index (χ2n) is 4.79. The fraction of sp³-hybridized carbons (Fsp3) is 0.462. The number of anilines is 1. The summed E-state index contributed by atoms with van der Waals surface area (Å²) in [6.07, 6.45) is 2.00. The number of carbonyl (C=O) groups excluding carboxylic acids is 1. The molecule has 0 aromatic heterocycles. The van der Waals surface area contributed by atoms with E-state index in [-0.39, 0.29) is 10.7 Å². The maximum absolute atomic E-state index is 11.8. The summed E-state index contributed by atoms with van der Waals surface area (Å²) in [6.45, 7) is 4.61. The van der Waals surface area contributed by atoms with Gasteiger partial charge >= 0.3 is 0 Å². The fourth-order valence-electron chi connectivity index (χ4n) is 1.81. The Morgan fingerprint density at radius 2 is 2.18 bits per heavy atom. The van der Waals surface area contributed by atoms with Crippen molar-refractivity contribution in [2.75, 3.05) is 11.9 Å². The van der Waals surface area contributed by atoms with E-state index < -0.39 is 0 Å². The van der Waals surface area contributed by atoms with E-state index in [1.165, 1.54) is 5.56 Å². The van der Waals surface area contributed by atoms with Gasteiger partial charge in [0.2, 0.25) is 5.91 Å². The lowest BCUT2D eigenvalue weighted by molar-refractivity contribution is -0.117. The van der Waals surface area contributed by atoms with Crippen LogP contribution >= 0.6 is 11.8 Å². The lowest BCUT2D eigenvalue weighted by Crippen LogP contribution is -2.37. The molecule has 1 aliphatic heterocycles. The number of hydrogen-bond acceptors (Lipinski definition) is 3. The van der Waals surface area contributed by atoms with Gasteiger partial charge in [-0.15, -0.1) is 11.8 Å². The van der Waals surface area contributed by atoms with Gasteiger partial charge in [-0.1, -0.05) is 6.07 Å². The van der Waals surface area contributed by atoms with Crippen molar-refractivity contribution in [1.29, 1.82) is 0 Å². The molecule has 0 saturated heterocycles. The summed E-state index contributed by atoms with van der Waals surface area (Å²) >= 11 is 1.63. The zero-order chi connectivity index (χ0) is 12.5. The zero-order valence-corrected chi connectivity index (χ0v) is 11.1. The normalized spacial score (nSPS) is 17.5. The van der Waals surface area contributed by atoms with Crippen LogP contribution in [0.15, 0.2) is 23.1 Å². The van der Waals surface area contributed by atoms with Crippen LogP contribution in [0.25, 0.3) is 0 Å². The molecule has 0 spiro atoms. The highest BCUT2D eigenvalue weighted by Crippen LogP contribution is 2.42. The molecule has 0 bridgehead atoms. The van der Waals surface area contributed by atoms with E-state index in [0.717, 1.165) is 23.4 Å². The van der Waals surface area contributed by atoms with Crippen LogP contribution < -0.4 is 11.1 Å². The molecule has 0 radical (unpaired) electrons. The number of rotatable bonds is 3. The quantitative estimate of drug-likeness (QED) is 0.866. The number of benzene rings is 1. The highest BCUT2D eigenvalue weighted by molar-refractivity contribution is 8.01. The minimum atomic E-state index is -0.389. The van der Waals surface area contributed by atoms with Crippen LogP contribution in [-0.2, 0) is 11.2 Å². The maximum Gasteiger partial charge on any atom is 0.240 e. The van der Waals surface area contributed by atoms with Crippen molar-refractivity contribution in [2.45, 2.75) is 36.3 Å². The second-order valence-corrected chi connectivity index (χ2v) is 6.45. The first-order chi connectivity index (χ1) is 8.03. The highest BCUT2D eigenvalue weighted by Gasteiger charge is 2.34. The number of amides is 1. The smallest absolute Gasteiger partial charge is 0.240 e. The molecule has 0 unspecified atom stereocenters. The molecule has 0 fully saturated rings. The lowest BCUT2D eigenvalue weighted by atomic mass is 10.1. The summed E-state index contributed by atoms with van der Waals surface area (Å²) in [5, 5.41) is 2.95. The van der Waals surface area contributed by atoms with E-state index >= 15 is 0 Å². The first-order valence-corrected chi connectivity index (χ1v) is 6.68. The molecule has 1 aromatic carbocycles. The summed E-state index contributed by atoms with van der Waals surface area (Å²) < 4.78 is -0.389. The summed E-state index contributed by atoms with van der Waals surface area (Å²) in [7, 11) is 0. The van der Waals surface area contributed by atoms with Crippen molar-refractivity contribution in [3.63, 3.8) is 0 Å². The Hall–Kier alpha value is -1.00. The fourth-order valence-corrected chi connectivity index (χ4v) is 2.94. The third-order valence-electron chi connectivity index (χ3n) is 2.88. The highest BCUT2D eigenvalue weighted by atomic mass is 32.2. The van der Waals surface area contributed by atoms with Gasteiger partial charge in [-0.3, -0.25) is 4.79 Å². The molecule has 1 aliphatic rings. The van der Waals surface area contributed by atoms with Crippen LogP contribution in [0.4, 0.5) is 5.69 Å². The van der Waals surface area contributed by atoms with Crippen molar-refractivity contribution < 1.29 is 4.79 Å². The van der Waals surface area contributed by atoms with E-state index in [1.54, 1.807) is 11.8 Å². The number of nitrogens with two attached hydrogens (primary N) is 1. The second kappa shape index (κ2) is 4.70. The molecule has 17 heavy (non-hydrogen) atoms. The minimum Gasteiger partial charge on any atom is -0.330 e. The van der Waals surface area contributed by atoms with Crippen LogP contribution in [0.1, 0.15) is 25.8 Å². The van der Waals surface area contributed by atoms with Gasteiger partial charge in [-0.25, -0.2) is 0 Å². The predicted molar refractivity (Wildman–Crippen MR) is 72.4 cm³/mol.